The summed E-state index contributed by atoms with van der Waals surface area (Å²) in [4.78, 5) is 14.0. The summed E-state index contributed by atoms with van der Waals surface area (Å²) in [6, 6.07) is 7.88. The maximum Gasteiger partial charge on any atom is 0.264 e. The molecule has 150 valence electrons. The Hall–Kier alpha value is -1.34. The quantitative estimate of drug-likeness (QED) is 0.546. The summed E-state index contributed by atoms with van der Waals surface area (Å²) in [6.45, 7) is 1.15. The summed E-state index contributed by atoms with van der Waals surface area (Å²) in [5, 5.41) is 1.34. The van der Waals surface area contributed by atoms with Gasteiger partial charge in [-0.3, -0.25) is 9.52 Å². The fourth-order valence-electron chi connectivity index (χ4n) is 3.19. The van der Waals surface area contributed by atoms with Gasteiger partial charge in [0.25, 0.3) is 5.91 Å². The minimum atomic E-state index is -0.685. The van der Waals surface area contributed by atoms with Crippen LogP contribution in [0.15, 0.2) is 30.3 Å². The van der Waals surface area contributed by atoms with Crippen LogP contribution in [0.3, 0.4) is 0 Å². The number of amides is 1. The molecule has 1 aliphatic rings. The van der Waals surface area contributed by atoms with Crippen LogP contribution in [0.4, 0.5) is 10.1 Å². The number of benzene rings is 2. The van der Waals surface area contributed by atoms with Gasteiger partial charge < -0.3 is 9.64 Å². The Kier molecular flexibility index (Phi) is 7.20. The molecule has 4 nitrogen and oxygen atoms in total. The number of nitrogens with zero attached hydrogens (tertiary/aromatic N) is 1. The lowest BCUT2D eigenvalue weighted by Gasteiger charge is -2.28. The van der Waals surface area contributed by atoms with Gasteiger partial charge in [-0.1, -0.05) is 46.8 Å². The molecule has 1 amide bonds. The number of nitrogens with one attached hydrogen (secondary N) is 1. The monoisotopic (exact) mass is 462 g/mol. The van der Waals surface area contributed by atoms with Gasteiger partial charge in [-0.2, -0.15) is 0 Å². The van der Waals surface area contributed by atoms with Gasteiger partial charge in [-0.15, -0.1) is 0 Å². The van der Waals surface area contributed by atoms with Crippen LogP contribution in [0.25, 0.3) is 0 Å². The van der Waals surface area contributed by atoms with Crippen LogP contribution in [0.5, 0.6) is 5.75 Å². The zero-order chi connectivity index (χ0) is 20.3. The van der Waals surface area contributed by atoms with E-state index in [1.165, 1.54) is 6.07 Å². The molecular weight excluding hydrogens is 446 g/mol. The molecule has 0 spiro atoms. The van der Waals surface area contributed by atoms with Gasteiger partial charge in [-0.05, 0) is 37.1 Å². The van der Waals surface area contributed by atoms with E-state index >= 15 is 0 Å². The first kappa shape index (κ1) is 21.4. The van der Waals surface area contributed by atoms with Gasteiger partial charge in [0.15, 0.2) is 0 Å². The van der Waals surface area contributed by atoms with Crippen LogP contribution < -0.4 is 14.4 Å². The first-order chi connectivity index (χ1) is 13.4. The summed E-state index contributed by atoms with van der Waals surface area (Å²) in [7, 11) is 0. The van der Waals surface area contributed by atoms with E-state index < -0.39 is 11.7 Å². The topological polar surface area (TPSA) is 41.6 Å². The Labute approximate surface area is 182 Å². The fraction of sp³-hybridized carbons (Fsp3) is 0.316. The van der Waals surface area contributed by atoms with Crippen molar-refractivity contribution in [2.24, 2.45) is 0 Å². The van der Waals surface area contributed by atoms with E-state index in [1.54, 1.807) is 18.4 Å². The van der Waals surface area contributed by atoms with Crippen LogP contribution in [-0.4, -0.2) is 31.4 Å². The van der Waals surface area contributed by atoms with Crippen LogP contribution >= 0.6 is 46.8 Å². The van der Waals surface area contributed by atoms with Crippen molar-refractivity contribution in [2.75, 3.05) is 24.3 Å². The van der Waals surface area contributed by atoms with Gasteiger partial charge in [0.1, 0.15) is 18.2 Å². The highest BCUT2D eigenvalue weighted by Crippen LogP contribution is 2.35. The number of carbonyl (C=O) groups is 1. The Balaban J connectivity index is 1.72. The highest BCUT2D eigenvalue weighted by atomic mass is 35.5. The zero-order valence-corrected chi connectivity index (χ0v) is 18.1. The molecule has 9 heteroatoms. The number of carbonyl (C=O) groups excluding carboxylic acids is 1. The Morgan fingerprint density at radius 1 is 1.29 bits per heavy atom. The largest absolute Gasteiger partial charge is 0.490 e. The lowest BCUT2D eigenvalue weighted by atomic mass is 10.2. The zero-order valence-electron chi connectivity index (χ0n) is 15.0. The molecule has 1 heterocycles. The van der Waals surface area contributed by atoms with Crippen molar-refractivity contribution in [3.8, 4) is 5.75 Å². The smallest absolute Gasteiger partial charge is 0.264 e. The number of halogens is 4. The first-order valence-corrected chi connectivity index (χ1v) is 10.9. The third-order valence-corrected chi connectivity index (χ3v) is 5.71. The van der Waals surface area contributed by atoms with Crippen molar-refractivity contribution in [1.82, 2.24) is 4.72 Å². The molecule has 28 heavy (non-hydrogen) atoms. The SMILES string of the molecule is CSNC(=O)c1cc(Cl)c(OCC2CCCN2c2ccc(Cl)cc2Cl)cc1F. The second kappa shape index (κ2) is 9.44. The number of ether oxygens (including phenoxy) is 1. The summed E-state index contributed by atoms with van der Waals surface area (Å²) in [5.41, 5.74) is 0.765. The van der Waals surface area contributed by atoms with E-state index in [-0.39, 0.29) is 22.4 Å². The van der Waals surface area contributed by atoms with Crippen molar-refractivity contribution in [3.63, 3.8) is 0 Å². The molecule has 0 saturated carbocycles. The number of hydrogen-bond donors (Lipinski definition) is 1. The fourth-order valence-corrected chi connectivity index (χ4v) is 4.22. The average molecular weight is 464 g/mol. The van der Waals surface area contributed by atoms with Crippen molar-refractivity contribution < 1.29 is 13.9 Å². The standard InChI is InChI=1S/C19H18Cl3FN2O2S/c1-28-24-19(26)13-8-15(22)18(9-16(13)23)27-10-12-3-2-6-25(12)17-5-4-11(20)7-14(17)21/h4-5,7-9,12H,2-3,6,10H2,1H3,(H,24,26). The molecule has 0 aromatic heterocycles. The summed E-state index contributed by atoms with van der Waals surface area (Å²) < 4.78 is 22.5. The summed E-state index contributed by atoms with van der Waals surface area (Å²) in [5.74, 6) is -1.03. The van der Waals surface area contributed by atoms with Gasteiger partial charge in [0.2, 0.25) is 0 Å². The van der Waals surface area contributed by atoms with Crippen LogP contribution in [0.1, 0.15) is 23.2 Å². The van der Waals surface area contributed by atoms with E-state index in [0.29, 0.717) is 16.7 Å². The van der Waals surface area contributed by atoms with Crippen molar-refractivity contribution in [2.45, 2.75) is 18.9 Å². The first-order valence-electron chi connectivity index (χ1n) is 8.57. The lowest BCUT2D eigenvalue weighted by Crippen LogP contribution is -2.34. The molecule has 1 fully saturated rings. The molecule has 3 rings (SSSR count). The minimum absolute atomic E-state index is 0.0669. The molecule has 1 N–H and O–H groups in total. The Morgan fingerprint density at radius 3 is 2.79 bits per heavy atom. The second-order valence-electron chi connectivity index (χ2n) is 6.29. The van der Waals surface area contributed by atoms with Gasteiger partial charge in [0, 0.05) is 23.9 Å². The van der Waals surface area contributed by atoms with Gasteiger partial charge in [0.05, 0.1) is 27.3 Å². The van der Waals surface area contributed by atoms with Crippen LogP contribution in [0.2, 0.25) is 15.1 Å². The minimum Gasteiger partial charge on any atom is -0.490 e. The Bertz CT molecular complexity index is 884. The predicted octanol–water partition coefficient (Wildman–Crippen LogP) is 5.84. The van der Waals surface area contributed by atoms with E-state index in [4.69, 9.17) is 39.5 Å². The van der Waals surface area contributed by atoms with Crippen molar-refractivity contribution in [3.05, 3.63) is 56.8 Å². The van der Waals surface area contributed by atoms with E-state index in [2.05, 4.69) is 9.62 Å². The highest BCUT2D eigenvalue weighted by molar-refractivity contribution is 7.97. The number of rotatable bonds is 6. The average Bonchev–Trinajstić information content (AvgIpc) is 3.10. The predicted molar refractivity (Wildman–Crippen MR) is 115 cm³/mol. The van der Waals surface area contributed by atoms with E-state index in [1.807, 2.05) is 6.07 Å². The lowest BCUT2D eigenvalue weighted by molar-refractivity contribution is 0.0980. The molecule has 0 radical (unpaired) electrons. The van der Waals surface area contributed by atoms with Crippen LogP contribution in [-0.2, 0) is 0 Å². The van der Waals surface area contributed by atoms with E-state index in [0.717, 1.165) is 43.1 Å². The maximum atomic E-state index is 14.3. The molecule has 0 aliphatic carbocycles. The number of hydrogen-bond acceptors (Lipinski definition) is 4. The molecule has 0 bridgehead atoms. The molecule has 1 atom stereocenters. The molecule has 1 saturated heterocycles. The molecule has 1 aliphatic heterocycles. The third-order valence-electron chi connectivity index (χ3n) is 4.49. The highest BCUT2D eigenvalue weighted by Gasteiger charge is 2.27. The normalized spacial score (nSPS) is 16.3. The molecule has 2 aromatic rings. The Morgan fingerprint density at radius 2 is 2.07 bits per heavy atom. The van der Waals surface area contributed by atoms with Gasteiger partial charge in [-0.25, -0.2) is 4.39 Å². The number of anilines is 1. The summed E-state index contributed by atoms with van der Waals surface area (Å²) >= 11 is 19.6. The van der Waals surface area contributed by atoms with E-state index in [9.17, 15) is 9.18 Å². The van der Waals surface area contributed by atoms with Gasteiger partial charge >= 0.3 is 0 Å². The molecule has 1 unspecified atom stereocenters. The maximum absolute atomic E-state index is 14.3. The third kappa shape index (κ3) is 4.79. The molecule has 2 aromatic carbocycles. The van der Waals surface area contributed by atoms with Crippen molar-refractivity contribution in [1.29, 1.82) is 0 Å². The molecular formula is C19H18Cl3FN2O2S. The second-order valence-corrected chi connectivity index (χ2v) is 8.16. The van der Waals surface area contributed by atoms with Crippen LogP contribution in [0, 0.1) is 5.82 Å². The summed E-state index contributed by atoms with van der Waals surface area (Å²) in [6.07, 6.45) is 3.57. The van der Waals surface area contributed by atoms with Crippen molar-refractivity contribution >= 4 is 58.3 Å².